The van der Waals surface area contributed by atoms with Crippen LogP contribution in [0.5, 0.6) is 0 Å². The minimum atomic E-state index is -4.26. The van der Waals surface area contributed by atoms with Crippen molar-refractivity contribution < 1.29 is 17.9 Å². The summed E-state index contributed by atoms with van der Waals surface area (Å²) >= 11 is 0.659. The van der Waals surface area contributed by atoms with E-state index in [1.807, 2.05) is 30.5 Å². The minimum absolute atomic E-state index is 0.0276. The maximum Gasteiger partial charge on any atom is 0.398 e. The van der Waals surface area contributed by atoms with Gasteiger partial charge in [0.2, 0.25) is 0 Å². The van der Waals surface area contributed by atoms with E-state index in [4.69, 9.17) is 4.74 Å². The van der Waals surface area contributed by atoms with Crippen molar-refractivity contribution in [1.82, 2.24) is 19.7 Å². The molecule has 2 aromatic heterocycles. The van der Waals surface area contributed by atoms with Crippen LogP contribution in [0, 0.1) is 0 Å². The van der Waals surface area contributed by atoms with Gasteiger partial charge in [0.05, 0.1) is 18.4 Å². The molecule has 0 bridgehead atoms. The van der Waals surface area contributed by atoms with E-state index >= 15 is 0 Å². The van der Waals surface area contributed by atoms with Gasteiger partial charge in [0, 0.05) is 29.3 Å². The smallest absolute Gasteiger partial charge is 0.376 e. The predicted molar refractivity (Wildman–Crippen MR) is 93.1 cm³/mol. The van der Waals surface area contributed by atoms with Crippen LogP contribution in [-0.4, -0.2) is 44.4 Å². The van der Waals surface area contributed by atoms with Crippen LogP contribution in [0.25, 0.3) is 22.3 Å². The molecule has 1 aliphatic heterocycles. The summed E-state index contributed by atoms with van der Waals surface area (Å²) in [6, 6.07) is 7.73. The SMILES string of the molecule is FC(F)(F)CSc1nnc(-c2c[nH]c3ccccc23)n1C[C@@H]1CCCO1. The van der Waals surface area contributed by atoms with Crippen LogP contribution in [0.3, 0.4) is 0 Å². The Hall–Kier alpha value is -2.00. The molecule has 3 aromatic rings. The molecule has 0 spiro atoms. The summed E-state index contributed by atoms with van der Waals surface area (Å²) in [4.78, 5) is 3.17. The van der Waals surface area contributed by atoms with Gasteiger partial charge in [-0.1, -0.05) is 30.0 Å². The van der Waals surface area contributed by atoms with E-state index in [1.54, 1.807) is 4.57 Å². The average Bonchev–Trinajstić information content (AvgIpc) is 3.32. The summed E-state index contributed by atoms with van der Waals surface area (Å²) in [5, 5.41) is 9.45. The topological polar surface area (TPSA) is 55.7 Å². The van der Waals surface area contributed by atoms with Gasteiger partial charge in [0.15, 0.2) is 11.0 Å². The van der Waals surface area contributed by atoms with Crippen molar-refractivity contribution in [2.24, 2.45) is 0 Å². The monoisotopic (exact) mass is 382 g/mol. The molecule has 5 nitrogen and oxygen atoms in total. The number of nitrogens with zero attached hydrogens (tertiary/aromatic N) is 3. The molecule has 0 radical (unpaired) electrons. The lowest BCUT2D eigenvalue weighted by Gasteiger charge is -2.15. The molecule has 0 aliphatic carbocycles. The Bertz CT molecular complexity index is 899. The Balaban J connectivity index is 1.72. The molecule has 0 saturated carbocycles. The fourth-order valence-corrected chi connectivity index (χ4v) is 3.86. The van der Waals surface area contributed by atoms with E-state index < -0.39 is 11.9 Å². The standard InChI is InChI=1S/C17H17F3N4OS/c18-17(19,20)10-26-16-23-22-15(24(16)9-11-4-3-7-25-11)13-8-21-14-6-2-1-5-12(13)14/h1-2,5-6,8,11,21H,3-4,7,9-10H2/t11-/m0/s1. The number of aromatic nitrogens is 4. The maximum atomic E-state index is 12.7. The average molecular weight is 382 g/mol. The molecule has 1 N–H and O–H groups in total. The first-order valence-corrected chi connectivity index (χ1v) is 9.31. The summed E-state index contributed by atoms with van der Waals surface area (Å²) < 4.78 is 45.4. The van der Waals surface area contributed by atoms with Crippen molar-refractivity contribution in [1.29, 1.82) is 0 Å². The summed E-state index contributed by atoms with van der Waals surface area (Å²) in [6.07, 6.45) is -0.625. The zero-order chi connectivity index (χ0) is 18.1. The van der Waals surface area contributed by atoms with Crippen LogP contribution in [0.15, 0.2) is 35.6 Å². The molecular weight excluding hydrogens is 365 g/mol. The number of fused-ring (bicyclic) bond motifs is 1. The first-order chi connectivity index (χ1) is 12.5. The lowest BCUT2D eigenvalue weighted by Crippen LogP contribution is -2.17. The van der Waals surface area contributed by atoms with Gasteiger partial charge >= 0.3 is 6.18 Å². The van der Waals surface area contributed by atoms with Gasteiger partial charge in [-0.25, -0.2) is 0 Å². The number of hydrogen-bond acceptors (Lipinski definition) is 4. The lowest BCUT2D eigenvalue weighted by atomic mass is 10.1. The first-order valence-electron chi connectivity index (χ1n) is 8.32. The Morgan fingerprint density at radius 2 is 2.12 bits per heavy atom. The maximum absolute atomic E-state index is 12.7. The Morgan fingerprint density at radius 3 is 2.88 bits per heavy atom. The van der Waals surface area contributed by atoms with E-state index in [-0.39, 0.29) is 11.3 Å². The first kappa shape index (κ1) is 17.4. The number of halogens is 3. The molecule has 1 atom stereocenters. The highest BCUT2D eigenvalue weighted by atomic mass is 32.2. The number of ether oxygens (including phenoxy) is 1. The highest BCUT2D eigenvalue weighted by molar-refractivity contribution is 7.99. The molecule has 1 fully saturated rings. The second kappa shape index (κ2) is 6.96. The largest absolute Gasteiger partial charge is 0.398 e. The fraction of sp³-hybridized carbons (Fsp3) is 0.412. The second-order valence-corrected chi connectivity index (χ2v) is 7.15. The molecule has 0 amide bonds. The van der Waals surface area contributed by atoms with Crippen molar-refractivity contribution in [3.63, 3.8) is 0 Å². The summed E-state index contributed by atoms with van der Waals surface area (Å²) in [7, 11) is 0. The molecule has 1 saturated heterocycles. The van der Waals surface area contributed by atoms with E-state index in [0.29, 0.717) is 30.7 Å². The number of benzene rings is 1. The third-order valence-corrected chi connectivity index (χ3v) is 5.35. The minimum Gasteiger partial charge on any atom is -0.376 e. The molecule has 9 heteroatoms. The van der Waals surface area contributed by atoms with Crippen LogP contribution < -0.4 is 0 Å². The van der Waals surface area contributed by atoms with Crippen molar-refractivity contribution in [3.8, 4) is 11.4 Å². The quantitative estimate of drug-likeness (QED) is 0.670. The van der Waals surface area contributed by atoms with Gasteiger partial charge in [-0.3, -0.25) is 4.57 Å². The molecular formula is C17H17F3N4OS. The van der Waals surface area contributed by atoms with Crippen molar-refractivity contribution in [2.75, 3.05) is 12.4 Å². The van der Waals surface area contributed by atoms with Crippen LogP contribution in [-0.2, 0) is 11.3 Å². The van der Waals surface area contributed by atoms with Gasteiger partial charge in [-0.2, -0.15) is 13.2 Å². The molecule has 26 heavy (non-hydrogen) atoms. The number of nitrogens with one attached hydrogen (secondary N) is 1. The number of rotatable bonds is 5. The molecule has 3 heterocycles. The van der Waals surface area contributed by atoms with Crippen molar-refractivity contribution in [2.45, 2.75) is 36.8 Å². The number of aromatic amines is 1. The van der Waals surface area contributed by atoms with E-state index in [1.165, 1.54) is 0 Å². The van der Waals surface area contributed by atoms with Gasteiger partial charge in [-0.05, 0) is 18.9 Å². The zero-order valence-electron chi connectivity index (χ0n) is 13.8. The Labute approximate surface area is 151 Å². The van der Waals surface area contributed by atoms with Crippen LogP contribution in [0.1, 0.15) is 12.8 Å². The van der Waals surface area contributed by atoms with Crippen molar-refractivity contribution in [3.05, 3.63) is 30.5 Å². The van der Waals surface area contributed by atoms with Gasteiger partial charge in [-0.15, -0.1) is 10.2 Å². The van der Waals surface area contributed by atoms with Crippen molar-refractivity contribution >= 4 is 22.7 Å². The van der Waals surface area contributed by atoms with Gasteiger partial charge in [0.1, 0.15) is 0 Å². The van der Waals surface area contributed by atoms with E-state index in [0.717, 1.165) is 29.3 Å². The summed E-state index contributed by atoms with van der Waals surface area (Å²) in [6.45, 7) is 1.13. The number of H-pyrrole nitrogens is 1. The molecule has 4 rings (SSSR count). The Morgan fingerprint density at radius 1 is 1.27 bits per heavy atom. The van der Waals surface area contributed by atoms with Crippen LogP contribution in [0.2, 0.25) is 0 Å². The number of para-hydroxylation sites is 1. The second-order valence-electron chi connectivity index (χ2n) is 6.20. The highest BCUT2D eigenvalue weighted by Crippen LogP contribution is 2.33. The van der Waals surface area contributed by atoms with Crippen LogP contribution in [0.4, 0.5) is 13.2 Å². The predicted octanol–water partition coefficient (Wildman–Crippen LogP) is 4.26. The Kier molecular flexibility index (Phi) is 4.66. The third-order valence-electron chi connectivity index (χ3n) is 4.32. The normalized spacial score (nSPS) is 18.0. The zero-order valence-corrected chi connectivity index (χ0v) is 14.6. The highest BCUT2D eigenvalue weighted by Gasteiger charge is 2.30. The molecule has 1 aliphatic rings. The number of thioether (sulfide) groups is 1. The molecule has 138 valence electrons. The molecule has 1 aromatic carbocycles. The molecule has 0 unspecified atom stereocenters. The summed E-state index contributed by atoms with van der Waals surface area (Å²) in [5.74, 6) is -0.438. The lowest BCUT2D eigenvalue weighted by molar-refractivity contribution is -0.105. The van der Waals surface area contributed by atoms with Gasteiger partial charge < -0.3 is 9.72 Å². The number of hydrogen-bond donors (Lipinski definition) is 1. The number of alkyl halides is 3. The van der Waals surface area contributed by atoms with E-state index in [2.05, 4.69) is 15.2 Å². The fourth-order valence-electron chi connectivity index (χ4n) is 3.15. The van der Waals surface area contributed by atoms with Crippen LogP contribution >= 0.6 is 11.8 Å². The van der Waals surface area contributed by atoms with E-state index in [9.17, 15) is 13.2 Å². The van der Waals surface area contributed by atoms with Gasteiger partial charge in [0.25, 0.3) is 0 Å². The summed E-state index contributed by atoms with van der Waals surface area (Å²) in [5.41, 5.74) is 1.77. The third kappa shape index (κ3) is 3.59.